The normalized spacial score (nSPS) is 14.7. The van der Waals surface area contributed by atoms with Crippen LogP contribution in [-0.2, 0) is 9.13 Å². The van der Waals surface area contributed by atoms with Crippen molar-refractivity contribution in [1.82, 2.24) is 4.90 Å². The molecule has 0 saturated heterocycles. The Labute approximate surface area is 96.7 Å². The fraction of sp³-hybridized carbons (Fsp3) is 1.00. The molecule has 0 saturated carbocycles. The van der Waals surface area contributed by atoms with Gasteiger partial charge in [0, 0.05) is 0 Å². The van der Waals surface area contributed by atoms with Gasteiger partial charge in [-0.3, -0.25) is 0 Å². The Morgan fingerprint density at radius 2 is 1.47 bits per heavy atom. The summed E-state index contributed by atoms with van der Waals surface area (Å²) in [6.07, 6.45) is -0.242. The molecule has 0 aliphatic rings. The van der Waals surface area contributed by atoms with E-state index >= 15 is 0 Å². The van der Waals surface area contributed by atoms with Gasteiger partial charge in [-0.2, -0.15) is 0 Å². The van der Waals surface area contributed by atoms with Gasteiger partial charge < -0.3 is 0 Å². The molecular weight excluding hydrogens is 307 g/mol. The number of hydrogen-bond donors (Lipinski definition) is 4. The molecule has 0 spiro atoms. The van der Waals surface area contributed by atoms with Crippen molar-refractivity contribution in [3.05, 3.63) is 0 Å². The second kappa shape index (κ2) is 4.99. The number of nitrogens with zero attached hydrogens (tertiary/aromatic N) is 1. The van der Waals surface area contributed by atoms with E-state index in [1.165, 1.54) is 0 Å². The molecule has 1 atom stereocenters. The summed E-state index contributed by atoms with van der Waals surface area (Å²) in [7, 11) is -6.34. The summed E-state index contributed by atoms with van der Waals surface area (Å²) >= 11 is 0.386. The first-order valence-electron chi connectivity index (χ1n) is 3.97. The van der Waals surface area contributed by atoms with Crippen molar-refractivity contribution in [2.75, 3.05) is 20.6 Å². The fourth-order valence-corrected chi connectivity index (χ4v) is 3.26. The first-order valence-corrected chi connectivity index (χ1v) is 8.40. The summed E-state index contributed by atoms with van der Waals surface area (Å²) in [6, 6.07) is 0. The molecule has 0 radical (unpaired) electrons. The van der Waals surface area contributed by atoms with E-state index in [1.54, 1.807) is 19.0 Å². The van der Waals surface area contributed by atoms with E-state index in [0.29, 0.717) is 16.9 Å². The third-order valence-corrected chi connectivity index (χ3v) is 10.8. The van der Waals surface area contributed by atoms with E-state index in [0.717, 1.165) is 0 Å². The van der Waals surface area contributed by atoms with E-state index in [2.05, 4.69) is 0 Å². The van der Waals surface area contributed by atoms with Crippen LogP contribution < -0.4 is 0 Å². The molecule has 4 N–H and O–H groups in total. The van der Waals surface area contributed by atoms with Gasteiger partial charge in [0.1, 0.15) is 0 Å². The summed E-state index contributed by atoms with van der Waals surface area (Å²) in [4.78, 5) is 37.6. The van der Waals surface area contributed by atoms with Gasteiger partial charge in [0.25, 0.3) is 0 Å². The van der Waals surface area contributed by atoms with Gasteiger partial charge in [-0.1, -0.05) is 0 Å². The van der Waals surface area contributed by atoms with Crippen LogP contribution in [0.4, 0.5) is 0 Å². The summed E-state index contributed by atoms with van der Waals surface area (Å²) in [5, 5.41) is 0. The maximum atomic E-state index is 11.1. The average molecular weight is 323 g/mol. The van der Waals surface area contributed by atoms with Crippen molar-refractivity contribution in [3.63, 3.8) is 0 Å². The summed E-state index contributed by atoms with van der Waals surface area (Å²) in [5.74, 6) is 0. The van der Waals surface area contributed by atoms with Gasteiger partial charge in [0.15, 0.2) is 0 Å². The minimum atomic E-state index is -4.83. The van der Waals surface area contributed by atoms with Crippen LogP contribution in [0.25, 0.3) is 0 Å². The van der Waals surface area contributed by atoms with Gasteiger partial charge in [-0.25, -0.2) is 0 Å². The third kappa shape index (κ3) is 3.95. The molecule has 10 heteroatoms. The predicted octanol–water partition coefficient (Wildman–Crippen LogP) is -1.42. The Morgan fingerprint density at radius 1 is 1.13 bits per heavy atom. The van der Waals surface area contributed by atoms with E-state index in [-0.39, 0.29) is 13.0 Å². The summed E-state index contributed by atoms with van der Waals surface area (Å²) in [6.45, 7) is 0.203. The van der Waals surface area contributed by atoms with Crippen LogP contribution in [0.2, 0.25) is 0 Å². The summed E-state index contributed by atoms with van der Waals surface area (Å²) in [5.41, 5.74) is 0. The molecular formula is C5H16AsNO6P2. The van der Waals surface area contributed by atoms with E-state index in [4.69, 9.17) is 19.6 Å². The minimum absolute atomic E-state index is 0.203. The van der Waals surface area contributed by atoms with Crippen molar-refractivity contribution in [1.29, 1.82) is 0 Å². The maximum absolute atomic E-state index is 11.1. The molecule has 0 aromatic rings. The molecule has 0 aliphatic heterocycles. The van der Waals surface area contributed by atoms with E-state index < -0.39 is 18.9 Å². The number of rotatable bonds is 5. The van der Waals surface area contributed by atoms with Crippen molar-refractivity contribution < 1.29 is 28.7 Å². The number of hydrogen-bond acceptors (Lipinski definition) is 3. The fourth-order valence-electron chi connectivity index (χ4n) is 0.849. The molecule has 92 valence electrons. The molecule has 1 unspecified atom stereocenters. The Kier molecular flexibility index (Phi) is 5.26. The Balaban J connectivity index is 5.08. The molecule has 0 amide bonds. The Hall–Kier alpha value is 0.818. The van der Waals surface area contributed by atoms with Gasteiger partial charge in [-0.15, -0.1) is 0 Å². The van der Waals surface area contributed by atoms with Crippen LogP contribution in [0.5, 0.6) is 0 Å². The SMILES string of the molecule is CN(C)CCC([AsH2])(P(=O)(O)O)P(=O)(O)O. The Morgan fingerprint density at radius 3 is 1.67 bits per heavy atom. The quantitative estimate of drug-likeness (QED) is 0.362. The van der Waals surface area contributed by atoms with E-state index in [9.17, 15) is 9.13 Å². The van der Waals surface area contributed by atoms with Crippen molar-refractivity contribution >= 4 is 32.0 Å². The van der Waals surface area contributed by atoms with Crippen LogP contribution >= 0.6 is 15.2 Å². The molecule has 0 aliphatic carbocycles. The average Bonchev–Trinajstić information content (AvgIpc) is 1.95. The second-order valence-corrected chi connectivity index (χ2v) is 11.8. The topological polar surface area (TPSA) is 118 Å². The van der Waals surface area contributed by atoms with Crippen LogP contribution in [0, 0.1) is 0 Å². The molecule has 0 heterocycles. The van der Waals surface area contributed by atoms with Crippen molar-refractivity contribution in [2.45, 2.75) is 10.1 Å². The van der Waals surface area contributed by atoms with E-state index in [1.807, 2.05) is 0 Å². The molecule has 15 heavy (non-hydrogen) atoms. The van der Waals surface area contributed by atoms with Crippen molar-refractivity contribution in [2.24, 2.45) is 0 Å². The van der Waals surface area contributed by atoms with Gasteiger partial charge in [-0.05, 0) is 0 Å². The van der Waals surface area contributed by atoms with Crippen LogP contribution in [0.15, 0.2) is 0 Å². The molecule has 0 aromatic carbocycles. The molecule has 7 nitrogen and oxygen atoms in total. The first-order chi connectivity index (χ1) is 6.42. The summed E-state index contributed by atoms with van der Waals surface area (Å²) < 4.78 is 20.0. The molecule has 0 bridgehead atoms. The van der Waals surface area contributed by atoms with Gasteiger partial charge >= 0.3 is 96.4 Å². The predicted molar refractivity (Wildman–Crippen MR) is 58.5 cm³/mol. The Bertz CT molecular complexity index is 287. The van der Waals surface area contributed by atoms with Crippen molar-refractivity contribution in [3.8, 4) is 0 Å². The van der Waals surface area contributed by atoms with Crippen LogP contribution in [0.1, 0.15) is 6.42 Å². The standard InChI is InChI=1S/C5H16AsNO6P2/c1-7(2)4-3-5(6,14(8,9)10)15(11,12)13/h3-4,6H2,1-2H3,(H2,8,9,10)(H2,11,12,13). The third-order valence-electron chi connectivity index (χ3n) is 1.94. The zero-order valence-electron chi connectivity index (χ0n) is 8.44. The first kappa shape index (κ1) is 15.8. The second-order valence-electron chi connectivity index (χ2n) is 3.52. The van der Waals surface area contributed by atoms with Crippen LogP contribution in [0.3, 0.4) is 0 Å². The monoisotopic (exact) mass is 323 g/mol. The van der Waals surface area contributed by atoms with Gasteiger partial charge in [0.2, 0.25) is 0 Å². The molecule has 0 rings (SSSR count). The zero-order chi connectivity index (χ0) is 12.5. The molecule has 0 aromatic heterocycles. The zero-order valence-corrected chi connectivity index (χ0v) is 12.7. The van der Waals surface area contributed by atoms with Crippen LogP contribution in [-0.4, -0.2) is 65.7 Å². The molecule has 0 fully saturated rings. The van der Waals surface area contributed by atoms with Gasteiger partial charge in [0.05, 0.1) is 0 Å².